The van der Waals surface area contributed by atoms with Crippen LogP contribution in [0.4, 0.5) is 5.95 Å². The number of nitrogens with zero attached hydrogens (tertiary/aromatic N) is 3. The molecule has 2 heterocycles. The van der Waals surface area contributed by atoms with Gasteiger partial charge in [0.15, 0.2) is 5.75 Å². The number of thiophene rings is 1. The van der Waals surface area contributed by atoms with E-state index in [2.05, 4.69) is 41.9 Å². The maximum Gasteiger partial charge on any atom is 0.272 e. The van der Waals surface area contributed by atoms with Gasteiger partial charge in [-0.25, -0.2) is 0 Å². The molecule has 102 valence electrons. The predicted molar refractivity (Wildman–Crippen MR) is 74.7 cm³/mol. The van der Waals surface area contributed by atoms with E-state index in [0.29, 0.717) is 10.6 Å². The minimum Gasteiger partial charge on any atom is -0.488 e. The van der Waals surface area contributed by atoms with Crippen LogP contribution in [-0.2, 0) is 0 Å². The number of hydrogen-bond acceptors (Lipinski definition) is 6. The van der Waals surface area contributed by atoms with Gasteiger partial charge in [0.2, 0.25) is 0 Å². The van der Waals surface area contributed by atoms with Crippen LogP contribution in [0.25, 0.3) is 0 Å². The molecule has 0 aliphatic heterocycles. The summed E-state index contributed by atoms with van der Waals surface area (Å²) in [6.45, 7) is 5.72. The molecule has 0 unspecified atom stereocenters. The van der Waals surface area contributed by atoms with Crippen LogP contribution in [0.1, 0.15) is 28.4 Å². The fourth-order valence-corrected chi connectivity index (χ4v) is 2.91. The number of aryl methyl sites for hydroxylation is 1. The summed E-state index contributed by atoms with van der Waals surface area (Å²) >= 11 is 4.77. The van der Waals surface area contributed by atoms with Crippen LogP contribution in [0.3, 0.4) is 0 Å². The molecule has 0 aliphatic carbocycles. The molecule has 0 aliphatic rings. The minimum atomic E-state index is -0.323. The van der Waals surface area contributed by atoms with Crippen LogP contribution in [0.2, 0.25) is 0 Å². The number of tetrazole rings is 1. The molecule has 0 spiro atoms. The van der Waals surface area contributed by atoms with Crippen molar-refractivity contribution in [3.8, 4) is 5.75 Å². The first-order valence-corrected chi connectivity index (χ1v) is 7.10. The van der Waals surface area contributed by atoms with Gasteiger partial charge in [0.25, 0.3) is 11.9 Å². The molecule has 0 saturated heterocycles. The summed E-state index contributed by atoms with van der Waals surface area (Å²) < 4.78 is 6.47. The van der Waals surface area contributed by atoms with Crippen molar-refractivity contribution in [3.63, 3.8) is 0 Å². The zero-order valence-corrected chi connectivity index (χ0v) is 12.9. The van der Waals surface area contributed by atoms with Crippen molar-refractivity contribution in [2.24, 2.45) is 0 Å². The van der Waals surface area contributed by atoms with Crippen molar-refractivity contribution in [2.75, 3.05) is 5.32 Å². The number of nitrogens with one attached hydrogen (secondary N) is 2. The SMILES string of the molecule is Cc1sc(C(=O)Nc2nn[nH]n2)c(OC(C)C)c1Br. The average Bonchev–Trinajstić information content (AvgIpc) is 2.92. The molecule has 0 radical (unpaired) electrons. The average molecular weight is 346 g/mol. The summed E-state index contributed by atoms with van der Waals surface area (Å²) in [6.07, 6.45) is -0.0259. The third-order valence-electron chi connectivity index (χ3n) is 2.10. The van der Waals surface area contributed by atoms with Gasteiger partial charge in [-0.2, -0.15) is 5.21 Å². The number of amides is 1. The number of rotatable bonds is 4. The Hall–Kier alpha value is -1.48. The largest absolute Gasteiger partial charge is 0.488 e. The predicted octanol–water partition coefficient (Wildman–Crippen LogP) is 2.37. The number of aromatic nitrogens is 4. The number of aromatic amines is 1. The summed E-state index contributed by atoms with van der Waals surface area (Å²) in [5, 5.41) is 15.5. The van der Waals surface area contributed by atoms with Crippen molar-refractivity contribution in [1.29, 1.82) is 0 Å². The Labute approximate surface area is 121 Å². The molecular formula is C10H12BrN5O2S. The lowest BCUT2D eigenvalue weighted by Crippen LogP contribution is -2.14. The van der Waals surface area contributed by atoms with Crippen LogP contribution in [0.15, 0.2) is 4.47 Å². The first kappa shape index (κ1) is 13.9. The number of carbonyl (C=O) groups excluding carboxylic acids is 1. The summed E-state index contributed by atoms with van der Waals surface area (Å²) in [7, 11) is 0. The van der Waals surface area contributed by atoms with Crippen molar-refractivity contribution in [2.45, 2.75) is 26.9 Å². The monoisotopic (exact) mass is 345 g/mol. The van der Waals surface area contributed by atoms with Crippen molar-refractivity contribution < 1.29 is 9.53 Å². The van der Waals surface area contributed by atoms with Gasteiger partial charge in [-0.15, -0.1) is 16.4 Å². The second-order valence-electron chi connectivity index (χ2n) is 3.99. The topological polar surface area (TPSA) is 92.8 Å². The summed E-state index contributed by atoms with van der Waals surface area (Å²) in [5.41, 5.74) is 0. The highest BCUT2D eigenvalue weighted by Crippen LogP contribution is 2.40. The molecule has 19 heavy (non-hydrogen) atoms. The van der Waals surface area contributed by atoms with Crippen LogP contribution >= 0.6 is 27.3 Å². The fourth-order valence-electron chi connectivity index (χ4n) is 1.37. The number of ether oxygens (including phenoxy) is 1. The summed E-state index contributed by atoms with van der Waals surface area (Å²) in [4.78, 5) is 13.6. The van der Waals surface area contributed by atoms with Crippen molar-refractivity contribution in [1.82, 2.24) is 20.6 Å². The molecule has 2 rings (SSSR count). The number of hydrogen-bond donors (Lipinski definition) is 2. The Morgan fingerprint density at radius 2 is 2.26 bits per heavy atom. The molecule has 0 bridgehead atoms. The van der Waals surface area contributed by atoms with E-state index in [4.69, 9.17) is 4.74 Å². The van der Waals surface area contributed by atoms with Gasteiger partial charge < -0.3 is 4.74 Å². The van der Waals surface area contributed by atoms with Crippen molar-refractivity contribution in [3.05, 3.63) is 14.2 Å². The Morgan fingerprint density at radius 1 is 1.53 bits per heavy atom. The van der Waals surface area contributed by atoms with E-state index < -0.39 is 0 Å². The van der Waals surface area contributed by atoms with Crippen LogP contribution in [0, 0.1) is 6.92 Å². The third kappa shape index (κ3) is 3.10. The number of H-pyrrole nitrogens is 1. The molecule has 0 atom stereocenters. The van der Waals surface area contributed by atoms with Crippen LogP contribution < -0.4 is 10.1 Å². The summed E-state index contributed by atoms with van der Waals surface area (Å²) in [5.74, 6) is 0.344. The van der Waals surface area contributed by atoms with Crippen LogP contribution in [-0.4, -0.2) is 32.6 Å². The molecule has 7 nitrogen and oxygen atoms in total. The van der Waals surface area contributed by atoms with E-state index in [9.17, 15) is 4.79 Å². The Bertz CT molecular complexity index is 581. The first-order valence-electron chi connectivity index (χ1n) is 5.49. The zero-order chi connectivity index (χ0) is 14.0. The van der Waals surface area contributed by atoms with E-state index in [0.717, 1.165) is 9.35 Å². The lowest BCUT2D eigenvalue weighted by Gasteiger charge is -2.10. The van der Waals surface area contributed by atoms with Gasteiger partial charge in [-0.3, -0.25) is 10.1 Å². The lowest BCUT2D eigenvalue weighted by molar-refractivity contribution is 0.102. The second-order valence-corrected chi connectivity index (χ2v) is 6.00. The normalized spacial score (nSPS) is 10.8. The Morgan fingerprint density at radius 3 is 2.84 bits per heavy atom. The minimum absolute atomic E-state index is 0.0259. The van der Waals surface area contributed by atoms with E-state index >= 15 is 0 Å². The van der Waals surface area contributed by atoms with E-state index in [1.54, 1.807) is 0 Å². The zero-order valence-electron chi connectivity index (χ0n) is 10.5. The molecule has 2 N–H and O–H groups in total. The number of anilines is 1. The quantitative estimate of drug-likeness (QED) is 0.887. The third-order valence-corrected chi connectivity index (χ3v) is 4.40. The molecule has 9 heteroatoms. The van der Waals surface area contributed by atoms with E-state index in [1.807, 2.05) is 20.8 Å². The van der Waals surface area contributed by atoms with Gasteiger partial charge in [-0.05, 0) is 41.9 Å². The second kappa shape index (κ2) is 5.66. The molecular weight excluding hydrogens is 334 g/mol. The Kier molecular flexibility index (Phi) is 4.15. The highest BCUT2D eigenvalue weighted by molar-refractivity contribution is 9.10. The standard InChI is InChI=1S/C10H12BrN5O2S/c1-4(2)18-7-6(11)5(3)19-8(7)9(17)12-10-13-15-16-14-10/h4H,1-3H3,(H2,12,13,14,15,16,17). The molecule has 0 saturated carbocycles. The van der Waals surface area contributed by atoms with E-state index in [-0.39, 0.29) is 18.0 Å². The summed E-state index contributed by atoms with van der Waals surface area (Å²) in [6, 6.07) is 0. The molecule has 1 amide bonds. The Balaban J connectivity index is 2.28. The van der Waals surface area contributed by atoms with Crippen LogP contribution in [0.5, 0.6) is 5.75 Å². The number of carbonyl (C=O) groups is 1. The van der Waals surface area contributed by atoms with Gasteiger partial charge in [0, 0.05) is 4.88 Å². The van der Waals surface area contributed by atoms with E-state index in [1.165, 1.54) is 11.3 Å². The molecule has 2 aromatic rings. The van der Waals surface area contributed by atoms with Crippen molar-refractivity contribution >= 4 is 39.1 Å². The first-order chi connectivity index (χ1) is 8.99. The molecule has 0 fully saturated rings. The maximum absolute atomic E-state index is 12.2. The lowest BCUT2D eigenvalue weighted by atomic mass is 10.3. The molecule has 0 aromatic carbocycles. The fraction of sp³-hybridized carbons (Fsp3) is 0.400. The highest BCUT2D eigenvalue weighted by atomic mass is 79.9. The smallest absolute Gasteiger partial charge is 0.272 e. The van der Waals surface area contributed by atoms with Gasteiger partial charge in [0.05, 0.1) is 10.6 Å². The molecule has 2 aromatic heterocycles. The number of halogens is 1. The van der Waals surface area contributed by atoms with Gasteiger partial charge in [0.1, 0.15) is 4.88 Å². The van der Waals surface area contributed by atoms with Gasteiger partial charge >= 0.3 is 0 Å². The maximum atomic E-state index is 12.2. The van der Waals surface area contributed by atoms with Gasteiger partial charge in [-0.1, -0.05) is 5.10 Å². The highest BCUT2D eigenvalue weighted by Gasteiger charge is 2.23.